The number of sulfonamides is 1. The summed E-state index contributed by atoms with van der Waals surface area (Å²) in [6, 6.07) is 2.54. The fourth-order valence-electron chi connectivity index (χ4n) is 2.33. The molecular weight excluding hydrogens is 268 g/mol. The van der Waals surface area contributed by atoms with Crippen molar-refractivity contribution in [3.8, 4) is 0 Å². The Morgan fingerprint density at radius 3 is 2.79 bits per heavy atom. The molecule has 2 atom stereocenters. The fraction of sp³-hybridized carbons (Fsp3) is 0.583. The summed E-state index contributed by atoms with van der Waals surface area (Å²) < 4.78 is 31.9. The second-order valence-electron chi connectivity index (χ2n) is 5.03. The van der Waals surface area contributed by atoms with Crippen molar-refractivity contribution in [1.82, 2.24) is 9.62 Å². The third-order valence-corrected chi connectivity index (χ3v) is 4.76. The third-order valence-electron chi connectivity index (χ3n) is 3.40. The summed E-state index contributed by atoms with van der Waals surface area (Å²) in [6.07, 6.45) is 1.25. The van der Waals surface area contributed by atoms with Gasteiger partial charge in [0.25, 0.3) is 10.0 Å². The van der Waals surface area contributed by atoms with Crippen molar-refractivity contribution in [2.45, 2.75) is 24.5 Å². The first-order valence-electron chi connectivity index (χ1n) is 6.18. The van der Waals surface area contributed by atoms with Crippen LogP contribution < -0.4 is 4.72 Å². The number of carbonyl (C=O) groups excluding carboxylic acids is 1. The van der Waals surface area contributed by atoms with Gasteiger partial charge in [0.05, 0.1) is 0 Å². The van der Waals surface area contributed by atoms with Gasteiger partial charge in [0.1, 0.15) is 0 Å². The molecule has 19 heavy (non-hydrogen) atoms. The minimum atomic E-state index is -3.69. The van der Waals surface area contributed by atoms with Gasteiger partial charge in [-0.15, -0.1) is 0 Å². The predicted octanol–water partition coefficient (Wildman–Crippen LogP) is 0.711. The molecule has 1 aromatic rings. The van der Waals surface area contributed by atoms with Crippen LogP contribution in [0.4, 0.5) is 0 Å². The average Bonchev–Trinajstić information content (AvgIpc) is 2.82. The van der Waals surface area contributed by atoms with Gasteiger partial charge in [-0.05, 0) is 38.1 Å². The Hall–Kier alpha value is -1.18. The summed E-state index contributed by atoms with van der Waals surface area (Å²) in [4.78, 5) is 12.7. The molecular formula is C12H18N2O4S. The van der Waals surface area contributed by atoms with E-state index < -0.39 is 10.0 Å². The van der Waals surface area contributed by atoms with Crippen LogP contribution in [0.15, 0.2) is 21.6 Å². The number of nitrogens with one attached hydrogen (secondary N) is 1. The standard InChI is InChI=1S/C12H18N2O4S/c1-9-7-14(2)6-5-11(9)13-19(16,17)12-4-3-10(8-15)18-12/h3-4,8-9,11,13H,5-7H2,1-2H3. The number of hydrogen-bond acceptors (Lipinski definition) is 5. The van der Waals surface area contributed by atoms with Gasteiger partial charge in [-0.1, -0.05) is 6.92 Å². The van der Waals surface area contributed by atoms with Crippen molar-refractivity contribution in [2.24, 2.45) is 5.92 Å². The van der Waals surface area contributed by atoms with Crippen molar-refractivity contribution < 1.29 is 17.6 Å². The summed E-state index contributed by atoms with van der Waals surface area (Å²) in [5.74, 6) is 0.242. The smallest absolute Gasteiger partial charge is 0.274 e. The van der Waals surface area contributed by atoms with E-state index in [1.54, 1.807) is 0 Å². The second kappa shape index (κ2) is 5.44. The lowest BCUT2D eigenvalue weighted by Crippen LogP contribution is -2.48. The zero-order chi connectivity index (χ0) is 14.0. The minimum absolute atomic E-state index is 0.0109. The van der Waals surface area contributed by atoms with Gasteiger partial charge < -0.3 is 9.32 Å². The summed E-state index contributed by atoms with van der Waals surface area (Å²) in [5, 5.41) is -0.208. The van der Waals surface area contributed by atoms with Gasteiger partial charge in [0.2, 0.25) is 5.09 Å². The Labute approximate surface area is 112 Å². The highest BCUT2D eigenvalue weighted by Gasteiger charge is 2.30. The molecule has 6 nitrogen and oxygen atoms in total. The van der Waals surface area contributed by atoms with Crippen molar-refractivity contribution in [1.29, 1.82) is 0 Å². The molecule has 1 N–H and O–H groups in total. The highest BCUT2D eigenvalue weighted by Crippen LogP contribution is 2.19. The molecule has 0 amide bonds. The number of aldehydes is 1. The van der Waals surface area contributed by atoms with Crippen LogP contribution in [0.25, 0.3) is 0 Å². The lowest BCUT2D eigenvalue weighted by Gasteiger charge is -2.34. The van der Waals surface area contributed by atoms with Crippen LogP contribution in [0, 0.1) is 5.92 Å². The SMILES string of the molecule is CC1CN(C)CCC1NS(=O)(=O)c1ccc(C=O)o1. The largest absolute Gasteiger partial charge is 0.440 e. The van der Waals surface area contributed by atoms with Gasteiger partial charge in [0, 0.05) is 12.6 Å². The number of furan rings is 1. The molecule has 7 heteroatoms. The predicted molar refractivity (Wildman–Crippen MR) is 69.5 cm³/mol. The van der Waals surface area contributed by atoms with Crippen molar-refractivity contribution >= 4 is 16.3 Å². The van der Waals surface area contributed by atoms with Gasteiger partial charge in [-0.3, -0.25) is 4.79 Å². The molecule has 1 aliphatic heterocycles. The van der Waals surface area contributed by atoms with Crippen molar-refractivity contribution in [2.75, 3.05) is 20.1 Å². The molecule has 1 fully saturated rings. The molecule has 2 heterocycles. The van der Waals surface area contributed by atoms with Gasteiger partial charge in [-0.2, -0.15) is 0 Å². The average molecular weight is 286 g/mol. The molecule has 1 aliphatic rings. The number of piperidine rings is 1. The first-order valence-corrected chi connectivity index (χ1v) is 7.66. The number of hydrogen-bond donors (Lipinski definition) is 1. The number of rotatable bonds is 4. The maximum absolute atomic E-state index is 12.1. The Morgan fingerprint density at radius 2 is 2.21 bits per heavy atom. The first-order chi connectivity index (χ1) is 8.92. The lowest BCUT2D eigenvalue weighted by molar-refractivity contribution is 0.109. The number of likely N-dealkylation sites (tertiary alicyclic amines) is 1. The monoisotopic (exact) mass is 286 g/mol. The molecule has 106 valence electrons. The van der Waals surface area contributed by atoms with Crippen molar-refractivity contribution in [3.63, 3.8) is 0 Å². The molecule has 2 rings (SSSR count). The molecule has 1 saturated heterocycles. The van der Waals surface area contributed by atoms with E-state index in [-0.39, 0.29) is 22.8 Å². The van der Waals surface area contributed by atoms with Gasteiger partial charge >= 0.3 is 0 Å². The number of carbonyl (C=O) groups is 1. The third kappa shape index (κ3) is 3.23. The van der Waals surface area contributed by atoms with E-state index in [2.05, 4.69) is 9.62 Å². The Bertz CT molecular complexity index is 552. The topological polar surface area (TPSA) is 79.6 Å². The van der Waals surface area contributed by atoms with Crippen LogP contribution in [-0.4, -0.2) is 45.8 Å². The van der Waals surface area contributed by atoms with Crippen LogP contribution >= 0.6 is 0 Å². The molecule has 0 spiro atoms. The van der Waals surface area contributed by atoms with E-state index in [1.165, 1.54) is 12.1 Å². The summed E-state index contributed by atoms with van der Waals surface area (Å²) in [5.41, 5.74) is 0. The zero-order valence-corrected chi connectivity index (χ0v) is 11.8. The van der Waals surface area contributed by atoms with Crippen molar-refractivity contribution in [3.05, 3.63) is 17.9 Å². The Morgan fingerprint density at radius 1 is 1.47 bits per heavy atom. The van der Waals surface area contributed by atoms with Crippen LogP contribution in [0.3, 0.4) is 0 Å². The molecule has 1 aromatic heterocycles. The second-order valence-corrected chi connectivity index (χ2v) is 6.68. The van der Waals surface area contributed by atoms with Crippen LogP contribution in [0.2, 0.25) is 0 Å². The van der Waals surface area contributed by atoms with Crippen LogP contribution in [0.1, 0.15) is 23.9 Å². The summed E-state index contributed by atoms with van der Waals surface area (Å²) in [6.45, 7) is 3.72. The first kappa shape index (κ1) is 14.2. The van der Waals surface area contributed by atoms with Crippen LogP contribution in [-0.2, 0) is 10.0 Å². The molecule has 0 radical (unpaired) electrons. The van der Waals surface area contributed by atoms with Crippen LogP contribution in [0.5, 0.6) is 0 Å². The summed E-state index contributed by atoms with van der Waals surface area (Å²) in [7, 11) is -1.68. The van der Waals surface area contributed by atoms with Gasteiger partial charge in [0.15, 0.2) is 12.0 Å². The Kier molecular flexibility index (Phi) is 4.07. The highest BCUT2D eigenvalue weighted by atomic mass is 32.2. The molecule has 0 bridgehead atoms. The maximum Gasteiger partial charge on any atom is 0.274 e. The van der Waals surface area contributed by atoms with E-state index in [1.807, 2.05) is 14.0 Å². The number of nitrogens with zero attached hydrogens (tertiary/aromatic N) is 1. The molecule has 2 unspecified atom stereocenters. The van der Waals surface area contributed by atoms with E-state index in [4.69, 9.17) is 4.42 Å². The minimum Gasteiger partial charge on any atom is -0.440 e. The zero-order valence-electron chi connectivity index (χ0n) is 11.0. The molecule has 0 saturated carbocycles. The summed E-state index contributed by atoms with van der Waals surface area (Å²) >= 11 is 0. The maximum atomic E-state index is 12.1. The Balaban J connectivity index is 2.10. The highest BCUT2D eigenvalue weighted by molar-refractivity contribution is 7.89. The quantitative estimate of drug-likeness (QED) is 0.825. The van der Waals surface area contributed by atoms with E-state index >= 15 is 0 Å². The van der Waals surface area contributed by atoms with E-state index in [0.717, 1.165) is 19.5 Å². The molecule has 0 aromatic carbocycles. The fourth-order valence-corrected chi connectivity index (χ4v) is 3.65. The lowest BCUT2D eigenvalue weighted by atomic mass is 9.95. The normalized spacial score (nSPS) is 25.4. The molecule has 0 aliphatic carbocycles. The van der Waals surface area contributed by atoms with E-state index in [9.17, 15) is 13.2 Å². The van der Waals surface area contributed by atoms with E-state index in [0.29, 0.717) is 6.29 Å². The van der Waals surface area contributed by atoms with Gasteiger partial charge in [-0.25, -0.2) is 13.1 Å².